The van der Waals surface area contributed by atoms with Gasteiger partial charge >= 0.3 is 0 Å². The zero-order valence-electron chi connectivity index (χ0n) is 8.80. The lowest BCUT2D eigenvalue weighted by molar-refractivity contribution is 0.475. The van der Waals surface area contributed by atoms with Crippen LogP contribution >= 0.6 is 0 Å². The summed E-state index contributed by atoms with van der Waals surface area (Å²) >= 11 is 0. The molecule has 2 aromatic rings. The molecule has 0 aliphatic heterocycles. The Morgan fingerprint density at radius 2 is 2.06 bits per heavy atom. The fraction of sp³-hybridized carbons (Fsp3) is 0.231. The quantitative estimate of drug-likeness (QED) is 0.832. The summed E-state index contributed by atoms with van der Waals surface area (Å²) < 4.78 is 0. The molecule has 0 amide bonds. The lowest BCUT2D eigenvalue weighted by Crippen LogP contribution is -1.93. The van der Waals surface area contributed by atoms with Crippen molar-refractivity contribution in [3.05, 3.63) is 42.4 Å². The molecule has 1 aromatic heterocycles. The van der Waals surface area contributed by atoms with E-state index in [-0.39, 0.29) is 5.75 Å². The van der Waals surface area contributed by atoms with E-state index in [1.807, 2.05) is 18.2 Å². The van der Waals surface area contributed by atoms with Crippen LogP contribution in [0.3, 0.4) is 0 Å². The molecule has 0 radical (unpaired) electrons. The predicted molar refractivity (Wildman–Crippen MR) is 61.1 cm³/mol. The van der Waals surface area contributed by atoms with Gasteiger partial charge in [0.25, 0.3) is 0 Å². The Balaban J connectivity index is 2.02. The van der Waals surface area contributed by atoms with Gasteiger partial charge in [-0.2, -0.15) is 0 Å². The third-order valence-corrected chi connectivity index (χ3v) is 2.76. The van der Waals surface area contributed by atoms with Crippen molar-refractivity contribution in [2.75, 3.05) is 0 Å². The van der Waals surface area contributed by atoms with Crippen LogP contribution in [0.15, 0.2) is 36.5 Å². The highest BCUT2D eigenvalue weighted by Gasteiger charge is 2.26. The Hall–Kier alpha value is -1.90. The molecule has 3 heteroatoms. The molecule has 3 nitrogen and oxygen atoms in total. The van der Waals surface area contributed by atoms with E-state index in [1.165, 1.54) is 12.8 Å². The van der Waals surface area contributed by atoms with Gasteiger partial charge in [0.1, 0.15) is 11.6 Å². The van der Waals surface area contributed by atoms with Crippen molar-refractivity contribution in [1.82, 2.24) is 9.97 Å². The van der Waals surface area contributed by atoms with E-state index in [9.17, 15) is 5.11 Å². The van der Waals surface area contributed by atoms with E-state index in [4.69, 9.17) is 0 Å². The number of phenolic OH excluding ortho intramolecular Hbond substituents is 1. The van der Waals surface area contributed by atoms with Crippen LogP contribution < -0.4 is 0 Å². The molecule has 1 N–H and O–H groups in total. The van der Waals surface area contributed by atoms with E-state index < -0.39 is 0 Å². The fourth-order valence-electron chi connectivity index (χ4n) is 1.74. The molecule has 0 atom stereocenters. The van der Waals surface area contributed by atoms with Crippen molar-refractivity contribution in [2.45, 2.75) is 18.8 Å². The minimum absolute atomic E-state index is 0.268. The molecule has 0 spiro atoms. The van der Waals surface area contributed by atoms with Crippen molar-refractivity contribution in [3.8, 4) is 17.0 Å². The molecule has 80 valence electrons. The zero-order chi connectivity index (χ0) is 11.0. The highest BCUT2D eigenvalue weighted by molar-refractivity contribution is 5.60. The van der Waals surface area contributed by atoms with Crippen molar-refractivity contribution >= 4 is 0 Å². The first kappa shape index (κ1) is 9.33. The van der Waals surface area contributed by atoms with Gasteiger partial charge in [-0.3, -0.25) is 0 Å². The van der Waals surface area contributed by atoms with Gasteiger partial charge < -0.3 is 5.11 Å². The molecule has 16 heavy (non-hydrogen) atoms. The number of hydrogen-bond acceptors (Lipinski definition) is 3. The Bertz CT molecular complexity index is 521. The second kappa shape index (κ2) is 3.59. The first-order valence-electron chi connectivity index (χ1n) is 5.45. The third kappa shape index (κ3) is 1.76. The van der Waals surface area contributed by atoms with E-state index in [0.717, 1.165) is 17.1 Å². The molecule has 1 saturated carbocycles. The summed E-state index contributed by atoms with van der Waals surface area (Å²) in [6, 6.07) is 9.02. The van der Waals surface area contributed by atoms with Crippen molar-refractivity contribution < 1.29 is 5.11 Å². The molecule has 3 rings (SSSR count). The Morgan fingerprint density at radius 3 is 2.81 bits per heavy atom. The van der Waals surface area contributed by atoms with Crippen molar-refractivity contribution in [2.24, 2.45) is 0 Å². The van der Waals surface area contributed by atoms with Gasteiger partial charge in [-0.15, -0.1) is 0 Å². The second-order valence-corrected chi connectivity index (χ2v) is 4.12. The van der Waals surface area contributed by atoms with Crippen molar-refractivity contribution in [1.29, 1.82) is 0 Å². The van der Waals surface area contributed by atoms with Crippen LogP contribution in [0.4, 0.5) is 0 Å². The number of aromatic hydroxyl groups is 1. The number of phenols is 1. The highest BCUT2D eigenvalue weighted by atomic mass is 16.3. The molecular formula is C13H12N2O. The standard InChI is InChI=1S/C13H12N2O/c16-11-3-1-2-10(8-11)12-6-7-14-13(15-12)9-4-5-9/h1-3,6-9,16H,4-5H2. The SMILES string of the molecule is Oc1cccc(-c2ccnc(C3CC3)n2)c1. The fourth-order valence-corrected chi connectivity index (χ4v) is 1.74. The van der Waals surface area contributed by atoms with Crippen LogP contribution in [0.2, 0.25) is 0 Å². The Morgan fingerprint density at radius 1 is 1.19 bits per heavy atom. The van der Waals surface area contributed by atoms with E-state index in [0.29, 0.717) is 5.92 Å². The van der Waals surface area contributed by atoms with Gasteiger partial charge in [0.15, 0.2) is 0 Å². The summed E-state index contributed by atoms with van der Waals surface area (Å²) in [4.78, 5) is 8.80. The number of nitrogens with zero attached hydrogens (tertiary/aromatic N) is 2. The van der Waals surface area contributed by atoms with Crippen LogP contribution in [-0.2, 0) is 0 Å². The molecule has 0 saturated heterocycles. The number of hydrogen-bond donors (Lipinski definition) is 1. The summed E-state index contributed by atoms with van der Waals surface area (Å²) in [7, 11) is 0. The van der Waals surface area contributed by atoms with Crippen LogP contribution in [0.5, 0.6) is 5.75 Å². The highest BCUT2D eigenvalue weighted by Crippen LogP contribution is 2.38. The lowest BCUT2D eigenvalue weighted by atomic mass is 10.1. The van der Waals surface area contributed by atoms with Gasteiger partial charge in [-0.1, -0.05) is 12.1 Å². The molecule has 1 aliphatic rings. The van der Waals surface area contributed by atoms with Gasteiger partial charge in [0.05, 0.1) is 5.69 Å². The van der Waals surface area contributed by atoms with Gasteiger partial charge in [-0.25, -0.2) is 9.97 Å². The minimum Gasteiger partial charge on any atom is -0.508 e. The molecule has 1 aromatic carbocycles. The smallest absolute Gasteiger partial charge is 0.132 e. The van der Waals surface area contributed by atoms with Gasteiger partial charge in [-0.05, 0) is 31.0 Å². The van der Waals surface area contributed by atoms with Crippen molar-refractivity contribution in [3.63, 3.8) is 0 Å². The summed E-state index contributed by atoms with van der Waals surface area (Å²) in [5.74, 6) is 1.75. The molecule has 1 aliphatic carbocycles. The lowest BCUT2D eigenvalue weighted by Gasteiger charge is -2.03. The number of benzene rings is 1. The summed E-state index contributed by atoms with van der Waals surface area (Å²) in [6.07, 6.45) is 4.19. The maximum absolute atomic E-state index is 9.42. The molecule has 0 bridgehead atoms. The average molecular weight is 212 g/mol. The summed E-state index contributed by atoms with van der Waals surface area (Å²) in [6.45, 7) is 0. The monoisotopic (exact) mass is 212 g/mol. The summed E-state index contributed by atoms with van der Waals surface area (Å²) in [5.41, 5.74) is 1.82. The minimum atomic E-state index is 0.268. The first-order chi connectivity index (χ1) is 7.83. The topological polar surface area (TPSA) is 46.0 Å². The van der Waals surface area contributed by atoms with Gasteiger partial charge in [0, 0.05) is 17.7 Å². The van der Waals surface area contributed by atoms with E-state index in [2.05, 4.69) is 9.97 Å². The van der Waals surface area contributed by atoms with Crippen LogP contribution in [0.25, 0.3) is 11.3 Å². The van der Waals surface area contributed by atoms with E-state index in [1.54, 1.807) is 18.3 Å². The number of rotatable bonds is 2. The third-order valence-electron chi connectivity index (χ3n) is 2.76. The Kier molecular flexibility index (Phi) is 2.10. The largest absolute Gasteiger partial charge is 0.508 e. The van der Waals surface area contributed by atoms with Crippen LogP contribution in [0.1, 0.15) is 24.6 Å². The second-order valence-electron chi connectivity index (χ2n) is 4.12. The maximum atomic E-state index is 9.42. The van der Waals surface area contributed by atoms with Crippen LogP contribution in [-0.4, -0.2) is 15.1 Å². The molecule has 1 heterocycles. The zero-order valence-corrected chi connectivity index (χ0v) is 8.80. The predicted octanol–water partition coefficient (Wildman–Crippen LogP) is 2.73. The van der Waals surface area contributed by atoms with E-state index >= 15 is 0 Å². The Labute approximate surface area is 93.8 Å². The molecule has 0 unspecified atom stereocenters. The van der Waals surface area contributed by atoms with Gasteiger partial charge in [0.2, 0.25) is 0 Å². The summed E-state index contributed by atoms with van der Waals surface area (Å²) in [5, 5.41) is 9.42. The molecule has 1 fully saturated rings. The molecular weight excluding hydrogens is 200 g/mol. The normalized spacial score (nSPS) is 15.0. The first-order valence-corrected chi connectivity index (χ1v) is 5.45. The maximum Gasteiger partial charge on any atom is 0.132 e. The average Bonchev–Trinajstić information content (AvgIpc) is 3.13. The van der Waals surface area contributed by atoms with Crippen LogP contribution in [0, 0.1) is 0 Å². The number of aromatic nitrogens is 2.